The first-order chi connectivity index (χ1) is 10.9. The molecule has 23 heavy (non-hydrogen) atoms. The van der Waals surface area contributed by atoms with Crippen LogP contribution in [-0.4, -0.2) is 42.0 Å². The van der Waals surface area contributed by atoms with Gasteiger partial charge in [0, 0.05) is 11.8 Å². The Morgan fingerprint density at radius 3 is 2.65 bits per heavy atom. The molecule has 1 rings (SSSR count). The number of carbonyl (C=O) groups excluding carboxylic acids is 2. The van der Waals surface area contributed by atoms with Crippen molar-refractivity contribution < 1.29 is 24.0 Å². The largest absolute Gasteiger partial charge is 0.494 e. The Kier molecular flexibility index (Phi) is 7.33. The van der Waals surface area contributed by atoms with Crippen molar-refractivity contribution in [3.05, 3.63) is 28.3 Å². The molecule has 0 saturated heterocycles. The van der Waals surface area contributed by atoms with Crippen molar-refractivity contribution in [1.82, 2.24) is 0 Å². The number of methoxy groups -OCH3 is 2. The number of hydrogen-bond donors (Lipinski definition) is 1. The van der Waals surface area contributed by atoms with Crippen molar-refractivity contribution in [1.29, 1.82) is 0 Å². The van der Waals surface area contributed by atoms with Gasteiger partial charge in [-0.2, -0.15) is 0 Å². The number of anilines is 1. The number of esters is 1. The predicted octanol–water partition coefficient (Wildman–Crippen LogP) is 2.23. The minimum absolute atomic E-state index is 0.125. The number of benzene rings is 1. The van der Waals surface area contributed by atoms with Gasteiger partial charge in [-0.05, 0) is 13.0 Å². The van der Waals surface area contributed by atoms with Gasteiger partial charge in [0.2, 0.25) is 5.91 Å². The van der Waals surface area contributed by atoms with Crippen molar-refractivity contribution >= 4 is 35.0 Å². The van der Waals surface area contributed by atoms with Crippen LogP contribution in [0.4, 0.5) is 11.4 Å². The summed E-state index contributed by atoms with van der Waals surface area (Å²) in [6.07, 6.45) is 0.222. The third-order valence-corrected chi connectivity index (χ3v) is 4.08. The highest BCUT2D eigenvalue weighted by Gasteiger charge is 2.18. The molecular weight excluding hydrogens is 324 g/mol. The van der Waals surface area contributed by atoms with E-state index in [4.69, 9.17) is 4.74 Å². The van der Waals surface area contributed by atoms with Gasteiger partial charge in [-0.1, -0.05) is 0 Å². The van der Waals surface area contributed by atoms with Crippen LogP contribution in [-0.2, 0) is 14.3 Å². The van der Waals surface area contributed by atoms with Gasteiger partial charge in [-0.15, -0.1) is 11.8 Å². The smallest absolute Gasteiger partial charge is 0.306 e. The molecule has 1 atom stereocenters. The van der Waals surface area contributed by atoms with E-state index in [9.17, 15) is 19.7 Å². The summed E-state index contributed by atoms with van der Waals surface area (Å²) in [4.78, 5) is 33.3. The molecule has 8 nitrogen and oxygen atoms in total. The monoisotopic (exact) mass is 342 g/mol. The molecule has 0 aromatic heterocycles. The molecule has 1 aromatic carbocycles. The Labute approximate surface area is 137 Å². The summed E-state index contributed by atoms with van der Waals surface area (Å²) in [7, 11) is 2.67. The zero-order valence-electron chi connectivity index (χ0n) is 13.0. The number of nitro benzene ring substituents is 1. The molecule has 0 aliphatic carbocycles. The Hall–Kier alpha value is -2.29. The maximum absolute atomic E-state index is 12.1. The molecule has 0 saturated carbocycles. The van der Waals surface area contributed by atoms with Gasteiger partial charge in [0.05, 0.1) is 42.6 Å². The number of non-ortho nitro benzene ring substituents is 1. The van der Waals surface area contributed by atoms with Crippen LogP contribution < -0.4 is 10.1 Å². The maximum atomic E-state index is 12.1. The molecule has 0 fully saturated rings. The van der Waals surface area contributed by atoms with Crippen molar-refractivity contribution in [2.45, 2.75) is 18.6 Å². The Morgan fingerprint density at radius 1 is 1.39 bits per heavy atom. The van der Waals surface area contributed by atoms with E-state index in [1.165, 1.54) is 44.2 Å². The average molecular weight is 342 g/mol. The van der Waals surface area contributed by atoms with E-state index >= 15 is 0 Å². The topological polar surface area (TPSA) is 108 Å². The molecule has 126 valence electrons. The molecule has 0 spiro atoms. The summed E-state index contributed by atoms with van der Waals surface area (Å²) in [5.41, 5.74) is 0.226. The number of nitro groups is 1. The standard InChI is InChI=1S/C14H18N2O6S/c1-9(23-7-6-13(17)22-3)14(18)15-11-5-4-10(16(19)20)8-12(11)21-2/h4-5,8-9H,6-7H2,1-3H3,(H,15,18)/t9-/m0/s1. The molecule has 0 bridgehead atoms. The van der Waals surface area contributed by atoms with E-state index in [1.54, 1.807) is 6.92 Å². The van der Waals surface area contributed by atoms with Crippen LogP contribution in [0.3, 0.4) is 0 Å². The van der Waals surface area contributed by atoms with E-state index in [-0.39, 0.29) is 29.7 Å². The SMILES string of the molecule is COC(=O)CCS[C@@H](C)C(=O)Nc1ccc([N+](=O)[O-])cc1OC. The average Bonchev–Trinajstić information content (AvgIpc) is 2.54. The first kappa shape index (κ1) is 18.8. The van der Waals surface area contributed by atoms with Crippen LogP contribution in [0.1, 0.15) is 13.3 Å². The van der Waals surface area contributed by atoms with Crippen molar-refractivity contribution in [2.24, 2.45) is 0 Å². The number of ether oxygens (including phenoxy) is 2. The summed E-state index contributed by atoms with van der Waals surface area (Å²) < 4.78 is 9.58. The number of amides is 1. The van der Waals surface area contributed by atoms with Gasteiger partial charge in [-0.25, -0.2) is 0 Å². The second-order valence-corrected chi connectivity index (χ2v) is 5.92. The lowest BCUT2D eigenvalue weighted by Crippen LogP contribution is -2.23. The van der Waals surface area contributed by atoms with Gasteiger partial charge in [0.15, 0.2) is 0 Å². The minimum Gasteiger partial charge on any atom is -0.494 e. The summed E-state index contributed by atoms with van der Waals surface area (Å²) in [5, 5.41) is 13.0. The lowest BCUT2D eigenvalue weighted by molar-refractivity contribution is -0.384. The number of rotatable bonds is 8. The molecule has 1 N–H and O–H groups in total. The van der Waals surface area contributed by atoms with Gasteiger partial charge in [0.1, 0.15) is 5.75 Å². The van der Waals surface area contributed by atoms with Crippen LogP contribution in [0.25, 0.3) is 0 Å². The van der Waals surface area contributed by atoms with Crippen LogP contribution in [0.15, 0.2) is 18.2 Å². The number of thioether (sulfide) groups is 1. The summed E-state index contributed by atoms with van der Waals surface area (Å²) in [6.45, 7) is 1.70. The van der Waals surface area contributed by atoms with E-state index in [0.717, 1.165) is 0 Å². The van der Waals surface area contributed by atoms with Gasteiger partial charge >= 0.3 is 5.97 Å². The quantitative estimate of drug-likeness (QED) is 0.438. The molecule has 0 radical (unpaired) electrons. The maximum Gasteiger partial charge on any atom is 0.306 e. The lowest BCUT2D eigenvalue weighted by Gasteiger charge is -2.14. The highest BCUT2D eigenvalue weighted by Crippen LogP contribution is 2.29. The normalized spacial score (nSPS) is 11.4. The van der Waals surface area contributed by atoms with Gasteiger partial charge in [-0.3, -0.25) is 19.7 Å². The van der Waals surface area contributed by atoms with Gasteiger partial charge in [0.25, 0.3) is 5.69 Å². The summed E-state index contributed by atoms with van der Waals surface area (Å²) in [5.74, 6) is 0.0482. The second-order valence-electron chi connectivity index (χ2n) is 4.47. The minimum atomic E-state index is -0.542. The number of carbonyl (C=O) groups is 2. The van der Waals surface area contributed by atoms with Crippen LogP contribution >= 0.6 is 11.8 Å². The van der Waals surface area contributed by atoms with Crippen LogP contribution in [0, 0.1) is 10.1 Å². The molecule has 0 heterocycles. The summed E-state index contributed by atoms with van der Waals surface area (Å²) in [6, 6.07) is 3.94. The third-order valence-electron chi connectivity index (χ3n) is 2.92. The first-order valence-corrected chi connectivity index (χ1v) is 7.75. The van der Waals surface area contributed by atoms with Crippen LogP contribution in [0.2, 0.25) is 0 Å². The van der Waals surface area contributed by atoms with E-state index in [0.29, 0.717) is 11.4 Å². The Balaban J connectivity index is 2.65. The third kappa shape index (κ3) is 5.78. The van der Waals surface area contributed by atoms with Crippen molar-refractivity contribution in [2.75, 3.05) is 25.3 Å². The molecule has 1 aromatic rings. The molecule has 9 heteroatoms. The molecule has 0 aliphatic heterocycles. The van der Waals surface area contributed by atoms with Crippen LogP contribution in [0.5, 0.6) is 5.75 Å². The molecular formula is C14H18N2O6S. The molecule has 1 amide bonds. The predicted molar refractivity (Wildman–Crippen MR) is 86.8 cm³/mol. The summed E-state index contributed by atoms with van der Waals surface area (Å²) >= 11 is 1.31. The highest BCUT2D eigenvalue weighted by atomic mass is 32.2. The zero-order chi connectivity index (χ0) is 17.4. The van der Waals surface area contributed by atoms with Crippen molar-refractivity contribution in [3.63, 3.8) is 0 Å². The first-order valence-electron chi connectivity index (χ1n) is 6.70. The fourth-order valence-electron chi connectivity index (χ4n) is 1.63. The van der Waals surface area contributed by atoms with Gasteiger partial charge < -0.3 is 14.8 Å². The lowest BCUT2D eigenvalue weighted by atomic mass is 10.2. The number of nitrogens with one attached hydrogen (secondary N) is 1. The molecule has 0 aliphatic rings. The number of hydrogen-bond acceptors (Lipinski definition) is 7. The Morgan fingerprint density at radius 2 is 2.09 bits per heavy atom. The Bertz CT molecular complexity index is 593. The number of nitrogens with zero attached hydrogens (tertiary/aromatic N) is 1. The molecule has 0 unspecified atom stereocenters. The fourth-order valence-corrected chi connectivity index (χ4v) is 2.48. The van der Waals surface area contributed by atoms with E-state index in [2.05, 4.69) is 10.1 Å². The zero-order valence-corrected chi connectivity index (χ0v) is 13.8. The van der Waals surface area contributed by atoms with Crippen molar-refractivity contribution in [3.8, 4) is 5.75 Å². The van der Waals surface area contributed by atoms with E-state index in [1.807, 2.05) is 0 Å². The van der Waals surface area contributed by atoms with E-state index < -0.39 is 10.2 Å². The fraction of sp³-hybridized carbons (Fsp3) is 0.429. The highest BCUT2D eigenvalue weighted by molar-refractivity contribution is 8.00. The second kappa shape index (κ2) is 8.99.